The Bertz CT molecular complexity index is 1500. The molecule has 9 heteroatoms. The van der Waals surface area contributed by atoms with Crippen LogP contribution < -0.4 is 14.4 Å². The molecule has 0 aromatic heterocycles. The average molecular weight is 553 g/mol. The van der Waals surface area contributed by atoms with Gasteiger partial charge in [0.2, 0.25) is 0 Å². The van der Waals surface area contributed by atoms with Crippen molar-refractivity contribution in [2.45, 2.75) is 18.4 Å². The predicted molar refractivity (Wildman–Crippen MR) is 147 cm³/mol. The second kappa shape index (κ2) is 12.1. The van der Waals surface area contributed by atoms with E-state index in [-0.39, 0.29) is 36.3 Å². The summed E-state index contributed by atoms with van der Waals surface area (Å²) in [5.74, 6) is -0.133. The van der Waals surface area contributed by atoms with Crippen molar-refractivity contribution >= 4 is 33.2 Å². The van der Waals surface area contributed by atoms with Crippen molar-refractivity contribution in [1.29, 1.82) is 0 Å². The average Bonchev–Trinajstić information content (AvgIpc) is 2.93. The quantitative estimate of drug-likeness (QED) is 0.245. The van der Waals surface area contributed by atoms with Crippen LogP contribution in [0.4, 0.5) is 10.1 Å². The van der Waals surface area contributed by atoms with Gasteiger partial charge in [-0.3, -0.25) is 9.10 Å². The molecule has 0 saturated heterocycles. The Morgan fingerprint density at radius 2 is 1.63 bits per heavy atom. The van der Waals surface area contributed by atoms with Crippen LogP contribution >= 0.6 is 11.6 Å². The molecule has 0 atom stereocenters. The molecule has 0 bridgehead atoms. The van der Waals surface area contributed by atoms with Crippen LogP contribution in [0.25, 0.3) is 0 Å². The molecule has 1 amide bonds. The summed E-state index contributed by atoms with van der Waals surface area (Å²) < 4.78 is 47.0. The lowest BCUT2D eigenvalue weighted by atomic mass is 10.1. The van der Waals surface area contributed by atoms with E-state index in [1.54, 1.807) is 72.8 Å². The number of benzene rings is 4. The number of hydrogen-bond acceptors (Lipinski definition) is 4. The first-order chi connectivity index (χ1) is 18.2. The number of ether oxygens (including phenoxy) is 1. The smallest absolute Gasteiger partial charge is 0.264 e. The fourth-order valence-electron chi connectivity index (χ4n) is 3.76. The molecule has 0 saturated carbocycles. The van der Waals surface area contributed by atoms with E-state index in [0.717, 1.165) is 5.56 Å². The Kier molecular flexibility index (Phi) is 8.66. The van der Waals surface area contributed by atoms with Crippen LogP contribution in [-0.2, 0) is 16.6 Å². The van der Waals surface area contributed by atoms with Gasteiger partial charge < -0.3 is 10.1 Å². The third kappa shape index (κ3) is 6.70. The van der Waals surface area contributed by atoms with Crippen LogP contribution in [0.3, 0.4) is 0 Å². The third-order valence-corrected chi connectivity index (χ3v) is 7.79. The third-order valence-electron chi connectivity index (χ3n) is 5.78. The van der Waals surface area contributed by atoms with Crippen LogP contribution in [0.1, 0.15) is 21.5 Å². The zero-order valence-corrected chi connectivity index (χ0v) is 22.2. The van der Waals surface area contributed by atoms with Gasteiger partial charge in [-0.1, -0.05) is 48.0 Å². The van der Waals surface area contributed by atoms with E-state index in [9.17, 15) is 17.6 Å². The van der Waals surface area contributed by atoms with E-state index in [0.29, 0.717) is 27.6 Å². The topological polar surface area (TPSA) is 75.7 Å². The van der Waals surface area contributed by atoms with Crippen molar-refractivity contribution in [2.75, 3.05) is 17.5 Å². The van der Waals surface area contributed by atoms with Crippen molar-refractivity contribution in [1.82, 2.24) is 5.32 Å². The molecule has 6 nitrogen and oxygen atoms in total. The number of carbonyl (C=O) groups is 1. The fourth-order valence-corrected chi connectivity index (χ4v) is 5.46. The van der Waals surface area contributed by atoms with E-state index in [1.807, 2.05) is 6.92 Å². The minimum atomic E-state index is -3.90. The van der Waals surface area contributed by atoms with Gasteiger partial charge in [-0.2, -0.15) is 0 Å². The van der Waals surface area contributed by atoms with Gasteiger partial charge in [0.25, 0.3) is 15.9 Å². The lowest BCUT2D eigenvalue weighted by molar-refractivity contribution is 0.0947. The number of sulfonamides is 1. The van der Waals surface area contributed by atoms with E-state index in [1.165, 1.54) is 28.6 Å². The highest BCUT2D eigenvalue weighted by Crippen LogP contribution is 2.31. The molecule has 4 aromatic rings. The molecule has 0 spiro atoms. The summed E-state index contributed by atoms with van der Waals surface area (Å²) in [4.78, 5) is 12.7. The molecule has 0 aliphatic rings. The van der Waals surface area contributed by atoms with E-state index in [4.69, 9.17) is 16.3 Å². The number of rotatable bonds is 10. The van der Waals surface area contributed by atoms with Gasteiger partial charge in [0.15, 0.2) is 0 Å². The lowest BCUT2D eigenvalue weighted by Gasteiger charge is -2.26. The summed E-state index contributed by atoms with van der Waals surface area (Å²) in [5.41, 5.74) is 2.35. The summed E-state index contributed by atoms with van der Waals surface area (Å²) in [6.07, 6.45) is 0. The van der Waals surface area contributed by atoms with Crippen LogP contribution in [0.15, 0.2) is 102 Å². The first-order valence-electron chi connectivity index (χ1n) is 11.8. The summed E-state index contributed by atoms with van der Waals surface area (Å²) in [5, 5.41) is 3.19. The Morgan fingerprint density at radius 3 is 2.32 bits per heavy atom. The number of hydrogen-bond donors (Lipinski definition) is 1. The Labute approximate surface area is 226 Å². The molecule has 4 rings (SSSR count). The van der Waals surface area contributed by atoms with Crippen molar-refractivity contribution in [3.05, 3.63) is 125 Å². The molecular weight excluding hydrogens is 527 g/mol. The summed E-state index contributed by atoms with van der Waals surface area (Å²) in [6.45, 7) is 2.36. The highest BCUT2D eigenvalue weighted by Gasteiger charge is 2.26. The molecule has 0 heterocycles. The maximum atomic E-state index is 13.6. The largest absolute Gasteiger partial charge is 0.492 e. The molecule has 196 valence electrons. The van der Waals surface area contributed by atoms with Crippen LogP contribution in [0, 0.1) is 12.7 Å². The van der Waals surface area contributed by atoms with Crippen molar-refractivity contribution < 1.29 is 22.3 Å². The first kappa shape index (κ1) is 27.2. The molecule has 0 aliphatic carbocycles. The van der Waals surface area contributed by atoms with E-state index >= 15 is 0 Å². The Balaban J connectivity index is 1.46. The molecule has 0 fully saturated rings. The normalized spacial score (nSPS) is 11.1. The number of aryl methyl sites for hydroxylation is 1. The maximum Gasteiger partial charge on any atom is 0.264 e. The molecular formula is C29H26ClFN2O4S. The minimum absolute atomic E-state index is 0.0474. The molecule has 38 heavy (non-hydrogen) atoms. The molecule has 4 aromatic carbocycles. The monoisotopic (exact) mass is 552 g/mol. The van der Waals surface area contributed by atoms with Gasteiger partial charge in [0, 0.05) is 10.6 Å². The number of amides is 1. The van der Waals surface area contributed by atoms with Crippen molar-refractivity contribution in [3.63, 3.8) is 0 Å². The minimum Gasteiger partial charge on any atom is -0.492 e. The molecule has 1 N–H and O–H groups in total. The zero-order chi connectivity index (χ0) is 27.1. The van der Waals surface area contributed by atoms with Gasteiger partial charge in [0.05, 0.1) is 23.7 Å². The first-order valence-corrected chi connectivity index (χ1v) is 13.7. The maximum absolute atomic E-state index is 13.6. The number of nitrogens with zero attached hydrogens (tertiary/aromatic N) is 1. The summed E-state index contributed by atoms with van der Waals surface area (Å²) in [7, 11) is -3.90. The SMILES string of the molecule is Cc1ccc(Cl)cc1N(Cc1ccc(C(=O)NCCOc2ccc(F)cc2)cc1)S(=O)(=O)c1ccccc1. The van der Waals surface area contributed by atoms with E-state index in [2.05, 4.69) is 5.32 Å². The van der Waals surface area contributed by atoms with Gasteiger partial charge in [-0.25, -0.2) is 12.8 Å². The molecule has 0 aliphatic heterocycles. The highest BCUT2D eigenvalue weighted by atomic mass is 35.5. The number of nitrogens with one attached hydrogen (secondary N) is 1. The summed E-state index contributed by atoms with van der Waals surface area (Å²) in [6, 6.07) is 25.7. The Hall–Kier alpha value is -3.88. The second-order valence-corrected chi connectivity index (χ2v) is 10.8. The fraction of sp³-hybridized carbons (Fsp3) is 0.138. The molecule has 0 radical (unpaired) electrons. The van der Waals surface area contributed by atoms with Gasteiger partial charge in [-0.05, 0) is 78.7 Å². The molecule has 0 unspecified atom stereocenters. The zero-order valence-electron chi connectivity index (χ0n) is 20.6. The predicted octanol–water partition coefficient (Wildman–Crippen LogP) is 5.99. The second-order valence-electron chi connectivity index (χ2n) is 8.51. The van der Waals surface area contributed by atoms with Crippen LogP contribution in [0.5, 0.6) is 5.75 Å². The van der Waals surface area contributed by atoms with Crippen LogP contribution in [0.2, 0.25) is 5.02 Å². The lowest BCUT2D eigenvalue weighted by Crippen LogP contribution is -2.31. The summed E-state index contributed by atoms with van der Waals surface area (Å²) >= 11 is 6.22. The van der Waals surface area contributed by atoms with Gasteiger partial charge in [0.1, 0.15) is 18.2 Å². The van der Waals surface area contributed by atoms with Gasteiger partial charge >= 0.3 is 0 Å². The Morgan fingerprint density at radius 1 is 0.947 bits per heavy atom. The van der Waals surface area contributed by atoms with Crippen molar-refractivity contribution in [3.8, 4) is 5.75 Å². The van der Waals surface area contributed by atoms with E-state index < -0.39 is 10.0 Å². The van der Waals surface area contributed by atoms with Crippen LogP contribution in [-0.4, -0.2) is 27.5 Å². The highest BCUT2D eigenvalue weighted by molar-refractivity contribution is 7.92. The van der Waals surface area contributed by atoms with Crippen molar-refractivity contribution in [2.24, 2.45) is 0 Å². The number of anilines is 1. The number of carbonyl (C=O) groups excluding carboxylic acids is 1. The number of halogens is 2. The van der Waals surface area contributed by atoms with Gasteiger partial charge in [-0.15, -0.1) is 0 Å². The standard InChI is InChI=1S/C29H26ClFN2O4S/c1-21-7-12-24(30)19-28(21)33(38(35,36)27-5-3-2-4-6-27)20-22-8-10-23(11-9-22)29(34)32-17-18-37-26-15-13-25(31)14-16-26/h2-16,19H,17-18,20H2,1H3,(H,32,34).